The molecule has 0 N–H and O–H groups in total. The molecule has 138 valence electrons. The summed E-state index contributed by atoms with van der Waals surface area (Å²) in [5, 5.41) is 7.21. The van der Waals surface area contributed by atoms with Gasteiger partial charge in [0.1, 0.15) is 5.82 Å². The van der Waals surface area contributed by atoms with Gasteiger partial charge >= 0.3 is 0 Å². The van der Waals surface area contributed by atoms with Crippen molar-refractivity contribution in [1.82, 2.24) is 29.1 Å². The van der Waals surface area contributed by atoms with Crippen LogP contribution in [0.5, 0.6) is 0 Å². The highest BCUT2D eigenvalue weighted by atomic mass is 15.3. The van der Waals surface area contributed by atoms with Crippen LogP contribution in [-0.2, 0) is 7.05 Å². The fourth-order valence-electron chi connectivity index (χ4n) is 4.31. The molecule has 0 radical (unpaired) electrons. The molecular formula is C22H20N6. The molecule has 0 aliphatic heterocycles. The zero-order valence-electron chi connectivity index (χ0n) is 16.1. The molecule has 2 atom stereocenters. The van der Waals surface area contributed by atoms with E-state index in [-0.39, 0.29) is 0 Å². The van der Waals surface area contributed by atoms with Gasteiger partial charge in [0.2, 0.25) is 0 Å². The molecule has 0 amide bonds. The lowest BCUT2D eigenvalue weighted by Crippen LogP contribution is -1.98. The van der Waals surface area contributed by atoms with Gasteiger partial charge in [-0.3, -0.25) is 4.98 Å². The van der Waals surface area contributed by atoms with Crippen molar-refractivity contribution in [1.29, 1.82) is 0 Å². The predicted octanol–water partition coefficient (Wildman–Crippen LogP) is 4.05. The normalized spacial score (nSPS) is 19.1. The largest absolute Gasteiger partial charge is 0.331 e. The molecular weight excluding hydrogens is 348 g/mol. The molecule has 0 bridgehead atoms. The smallest absolute Gasteiger partial charge is 0.177 e. The minimum Gasteiger partial charge on any atom is -0.331 e. The lowest BCUT2D eigenvalue weighted by atomic mass is 10.1. The Bertz CT molecular complexity index is 1350. The van der Waals surface area contributed by atoms with Gasteiger partial charge in [-0.1, -0.05) is 30.3 Å². The second-order valence-corrected chi connectivity index (χ2v) is 7.82. The third-order valence-corrected chi connectivity index (χ3v) is 5.99. The summed E-state index contributed by atoms with van der Waals surface area (Å²) in [4.78, 5) is 14.3. The Morgan fingerprint density at radius 2 is 1.86 bits per heavy atom. The fourth-order valence-corrected chi connectivity index (χ4v) is 4.31. The van der Waals surface area contributed by atoms with E-state index >= 15 is 0 Å². The number of aromatic nitrogens is 6. The lowest BCUT2D eigenvalue weighted by molar-refractivity contribution is 0.780. The second-order valence-electron chi connectivity index (χ2n) is 7.82. The van der Waals surface area contributed by atoms with Crippen LogP contribution in [0, 0.1) is 13.8 Å². The summed E-state index contributed by atoms with van der Waals surface area (Å²) in [6.07, 6.45) is 2.89. The van der Waals surface area contributed by atoms with Crippen LogP contribution in [0.25, 0.3) is 27.5 Å². The highest BCUT2D eigenvalue weighted by molar-refractivity contribution is 6.04. The van der Waals surface area contributed by atoms with E-state index in [4.69, 9.17) is 15.1 Å². The number of hydrogen-bond donors (Lipinski definition) is 0. The summed E-state index contributed by atoms with van der Waals surface area (Å²) < 4.78 is 4.15. The summed E-state index contributed by atoms with van der Waals surface area (Å²) in [6, 6.07) is 12.8. The summed E-state index contributed by atoms with van der Waals surface area (Å²) in [7, 11) is 2.12. The molecule has 2 aromatic carbocycles. The zero-order chi connectivity index (χ0) is 19.0. The minimum atomic E-state index is 0.320. The van der Waals surface area contributed by atoms with Gasteiger partial charge in [0, 0.05) is 30.5 Å². The molecule has 0 spiro atoms. The highest BCUT2D eigenvalue weighted by Crippen LogP contribution is 2.53. The van der Waals surface area contributed by atoms with Crippen LogP contribution in [0.3, 0.4) is 0 Å². The maximum atomic E-state index is 5.06. The Labute approximate surface area is 161 Å². The minimum absolute atomic E-state index is 0.320. The van der Waals surface area contributed by atoms with Gasteiger partial charge in [0.15, 0.2) is 11.5 Å². The monoisotopic (exact) mass is 368 g/mol. The van der Waals surface area contributed by atoms with Crippen molar-refractivity contribution in [3.63, 3.8) is 0 Å². The van der Waals surface area contributed by atoms with Crippen LogP contribution in [0.1, 0.15) is 41.3 Å². The van der Waals surface area contributed by atoms with E-state index in [1.165, 1.54) is 16.3 Å². The number of benzene rings is 2. The van der Waals surface area contributed by atoms with E-state index in [0.717, 1.165) is 40.6 Å². The van der Waals surface area contributed by atoms with Crippen LogP contribution in [0.2, 0.25) is 0 Å². The summed E-state index contributed by atoms with van der Waals surface area (Å²) >= 11 is 0. The average Bonchev–Trinajstić information content (AvgIpc) is 3.23. The summed E-state index contributed by atoms with van der Waals surface area (Å²) in [6.45, 7) is 3.99. The van der Waals surface area contributed by atoms with Gasteiger partial charge in [0.05, 0.1) is 22.4 Å². The van der Waals surface area contributed by atoms with Crippen molar-refractivity contribution in [2.45, 2.75) is 32.1 Å². The van der Waals surface area contributed by atoms with E-state index in [0.29, 0.717) is 11.8 Å². The van der Waals surface area contributed by atoms with Gasteiger partial charge in [0.25, 0.3) is 0 Å². The van der Waals surface area contributed by atoms with E-state index in [1.807, 2.05) is 24.6 Å². The van der Waals surface area contributed by atoms with E-state index in [2.05, 4.69) is 53.0 Å². The first-order valence-corrected chi connectivity index (χ1v) is 9.65. The van der Waals surface area contributed by atoms with E-state index < -0.39 is 0 Å². The van der Waals surface area contributed by atoms with Crippen LogP contribution in [0.4, 0.5) is 0 Å². The van der Waals surface area contributed by atoms with Gasteiger partial charge < -0.3 is 4.57 Å². The Morgan fingerprint density at radius 1 is 1.00 bits per heavy atom. The Hall–Kier alpha value is -3.28. The van der Waals surface area contributed by atoms with Gasteiger partial charge in [-0.25, -0.2) is 14.5 Å². The number of nitrogens with zero attached hydrogens (tertiary/aromatic N) is 6. The topological polar surface area (TPSA) is 60.9 Å². The molecule has 6 nitrogen and oxygen atoms in total. The maximum absolute atomic E-state index is 5.06. The Balaban J connectivity index is 1.44. The SMILES string of the molecule is Cc1ncc(C)n2nc(C3CC3c3nc4c5ccccc5ccc4n3C)nc12. The van der Waals surface area contributed by atoms with Crippen LogP contribution in [0.15, 0.2) is 42.6 Å². The molecule has 1 aliphatic rings. The van der Waals surface area contributed by atoms with Gasteiger partial charge in [-0.2, -0.15) is 5.10 Å². The lowest BCUT2D eigenvalue weighted by Gasteiger charge is -2.01. The predicted molar refractivity (Wildman–Crippen MR) is 109 cm³/mol. The van der Waals surface area contributed by atoms with Crippen LogP contribution < -0.4 is 0 Å². The second kappa shape index (κ2) is 5.38. The molecule has 6 rings (SSSR count). The molecule has 1 aliphatic carbocycles. The molecule has 1 fully saturated rings. The highest BCUT2D eigenvalue weighted by Gasteiger charge is 2.45. The fraction of sp³-hybridized carbons (Fsp3) is 0.273. The number of rotatable bonds is 2. The molecule has 5 aromatic rings. The van der Waals surface area contributed by atoms with Crippen molar-refractivity contribution in [2.24, 2.45) is 7.05 Å². The first-order valence-electron chi connectivity index (χ1n) is 9.65. The Kier molecular flexibility index (Phi) is 3.02. The molecule has 2 unspecified atom stereocenters. The number of hydrogen-bond acceptors (Lipinski definition) is 4. The standard InChI is InChI=1S/C22H20N6/c1-12-11-23-13(2)21-25-20(26-28(12)21)16-10-17(16)22-24-19-15-7-5-4-6-14(15)8-9-18(19)27(22)3/h4-9,11,16-17H,10H2,1-3H3. The summed E-state index contributed by atoms with van der Waals surface area (Å²) in [5.74, 6) is 2.71. The van der Waals surface area contributed by atoms with Crippen LogP contribution in [-0.4, -0.2) is 29.1 Å². The van der Waals surface area contributed by atoms with Crippen molar-refractivity contribution < 1.29 is 0 Å². The zero-order valence-corrected chi connectivity index (χ0v) is 16.1. The van der Waals surface area contributed by atoms with Crippen LogP contribution >= 0.6 is 0 Å². The molecule has 6 heteroatoms. The Morgan fingerprint density at radius 3 is 2.71 bits per heavy atom. The third kappa shape index (κ3) is 2.08. The van der Waals surface area contributed by atoms with Crippen molar-refractivity contribution in [3.8, 4) is 0 Å². The molecule has 3 aromatic heterocycles. The molecule has 1 saturated carbocycles. The van der Waals surface area contributed by atoms with E-state index in [9.17, 15) is 0 Å². The number of fused-ring (bicyclic) bond motifs is 4. The average molecular weight is 368 g/mol. The molecule has 28 heavy (non-hydrogen) atoms. The third-order valence-electron chi connectivity index (χ3n) is 5.99. The van der Waals surface area contributed by atoms with Crippen molar-refractivity contribution in [2.75, 3.05) is 0 Å². The quantitative estimate of drug-likeness (QED) is 0.472. The van der Waals surface area contributed by atoms with Gasteiger partial charge in [-0.15, -0.1) is 0 Å². The number of imidazole rings is 1. The van der Waals surface area contributed by atoms with E-state index in [1.54, 1.807) is 0 Å². The van der Waals surface area contributed by atoms with Gasteiger partial charge in [-0.05, 0) is 31.7 Å². The molecule has 3 heterocycles. The molecule has 0 saturated heterocycles. The number of aryl methyl sites for hydroxylation is 3. The van der Waals surface area contributed by atoms with Crippen molar-refractivity contribution >= 4 is 27.5 Å². The first kappa shape index (κ1) is 15.7. The maximum Gasteiger partial charge on any atom is 0.177 e. The van der Waals surface area contributed by atoms with Crippen molar-refractivity contribution in [3.05, 3.63) is 65.6 Å². The summed E-state index contributed by atoms with van der Waals surface area (Å²) in [5.41, 5.74) is 5.04. The first-order chi connectivity index (χ1) is 13.6.